The number of oxazole rings is 1. The second kappa shape index (κ2) is 4.29. The molecule has 4 rings (SSSR count). The van der Waals surface area contributed by atoms with Crippen LogP contribution >= 0.6 is 22.9 Å². The average Bonchev–Trinajstić information content (AvgIpc) is 3.08. The summed E-state index contributed by atoms with van der Waals surface area (Å²) >= 11 is 7.52. The van der Waals surface area contributed by atoms with Crippen molar-refractivity contribution in [1.29, 1.82) is 0 Å². The summed E-state index contributed by atoms with van der Waals surface area (Å²) in [4.78, 5) is 9.75. The lowest BCUT2D eigenvalue weighted by molar-refractivity contribution is 0.617. The monoisotopic (exact) mass is 304 g/mol. The standard InChI is InChI=1S/C13H9ClN4OS/c1-2-11-17-18-6-9(16-13(18)20-11)12-15-8-5-7(14)3-4-10(8)19-12/h3-6H,2H2,1H3. The maximum absolute atomic E-state index is 5.94. The van der Waals surface area contributed by atoms with Gasteiger partial charge in [0, 0.05) is 5.02 Å². The number of imidazole rings is 1. The van der Waals surface area contributed by atoms with Gasteiger partial charge in [0.2, 0.25) is 10.9 Å². The Kier molecular flexibility index (Phi) is 2.55. The van der Waals surface area contributed by atoms with E-state index in [0.29, 0.717) is 22.2 Å². The van der Waals surface area contributed by atoms with Crippen LogP contribution < -0.4 is 0 Å². The second-order valence-corrected chi connectivity index (χ2v) is 5.81. The van der Waals surface area contributed by atoms with Crippen LogP contribution in [0.1, 0.15) is 11.9 Å². The predicted molar refractivity (Wildman–Crippen MR) is 78.3 cm³/mol. The van der Waals surface area contributed by atoms with Gasteiger partial charge in [-0.3, -0.25) is 0 Å². The van der Waals surface area contributed by atoms with E-state index >= 15 is 0 Å². The summed E-state index contributed by atoms with van der Waals surface area (Å²) in [6.45, 7) is 2.07. The highest BCUT2D eigenvalue weighted by Crippen LogP contribution is 2.27. The number of nitrogens with zero attached hydrogens (tertiary/aromatic N) is 4. The van der Waals surface area contributed by atoms with Gasteiger partial charge in [-0.05, 0) is 24.6 Å². The molecule has 7 heteroatoms. The summed E-state index contributed by atoms with van der Waals surface area (Å²) in [6, 6.07) is 5.36. The van der Waals surface area contributed by atoms with Crippen molar-refractivity contribution in [3.8, 4) is 11.6 Å². The lowest BCUT2D eigenvalue weighted by Gasteiger charge is -1.86. The number of aromatic nitrogens is 4. The number of benzene rings is 1. The van der Waals surface area contributed by atoms with Crippen molar-refractivity contribution in [2.75, 3.05) is 0 Å². The van der Waals surface area contributed by atoms with Crippen molar-refractivity contribution in [3.05, 3.63) is 34.4 Å². The van der Waals surface area contributed by atoms with Crippen LogP contribution in [-0.4, -0.2) is 19.6 Å². The first-order valence-electron chi connectivity index (χ1n) is 6.14. The van der Waals surface area contributed by atoms with E-state index in [0.717, 1.165) is 21.9 Å². The van der Waals surface area contributed by atoms with Gasteiger partial charge in [-0.1, -0.05) is 29.9 Å². The van der Waals surface area contributed by atoms with Gasteiger partial charge in [0.15, 0.2) is 5.58 Å². The van der Waals surface area contributed by atoms with E-state index in [1.165, 1.54) is 0 Å². The SMILES string of the molecule is CCc1nn2cc(-c3nc4cc(Cl)ccc4o3)nc2s1. The molecule has 0 saturated heterocycles. The number of fused-ring (bicyclic) bond motifs is 2. The first kappa shape index (κ1) is 11.9. The molecule has 3 heterocycles. The van der Waals surface area contributed by atoms with Gasteiger partial charge in [-0.25, -0.2) is 14.5 Å². The average molecular weight is 305 g/mol. The van der Waals surface area contributed by atoms with Crippen molar-refractivity contribution in [2.45, 2.75) is 13.3 Å². The summed E-state index contributed by atoms with van der Waals surface area (Å²) in [5.74, 6) is 0.484. The molecule has 0 fully saturated rings. The normalized spacial score (nSPS) is 11.7. The molecule has 3 aromatic heterocycles. The Bertz CT molecular complexity index is 892. The third-order valence-electron chi connectivity index (χ3n) is 2.96. The van der Waals surface area contributed by atoms with Crippen LogP contribution in [0, 0.1) is 0 Å². The fourth-order valence-electron chi connectivity index (χ4n) is 2.00. The van der Waals surface area contributed by atoms with Crippen LogP contribution in [-0.2, 0) is 6.42 Å². The smallest absolute Gasteiger partial charge is 0.247 e. The molecule has 0 N–H and O–H groups in total. The number of rotatable bonds is 2. The van der Waals surface area contributed by atoms with E-state index in [1.807, 2.05) is 6.20 Å². The molecule has 20 heavy (non-hydrogen) atoms. The zero-order chi connectivity index (χ0) is 13.7. The van der Waals surface area contributed by atoms with Gasteiger partial charge in [-0.15, -0.1) is 0 Å². The highest BCUT2D eigenvalue weighted by Gasteiger charge is 2.14. The summed E-state index contributed by atoms with van der Waals surface area (Å²) in [7, 11) is 0. The minimum absolute atomic E-state index is 0.484. The first-order chi connectivity index (χ1) is 9.72. The molecule has 0 bridgehead atoms. The zero-order valence-electron chi connectivity index (χ0n) is 10.5. The molecule has 0 aliphatic heterocycles. The number of hydrogen-bond donors (Lipinski definition) is 0. The minimum Gasteiger partial charge on any atom is -0.435 e. The van der Waals surface area contributed by atoms with Gasteiger partial charge in [0.05, 0.1) is 6.20 Å². The third-order valence-corrected chi connectivity index (χ3v) is 4.26. The molecule has 4 aromatic rings. The van der Waals surface area contributed by atoms with E-state index in [1.54, 1.807) is 34.1 Å². The predicted octanol–water partition coefficient (Wildman–Crippen LogP) is 3.81. The maximum atomic E-state index is 5.94. The topological polar surface area (TPSA) is 56.2 Å². The number of hydrogen-bond acceptors (Lipinski definition) is 5. The molecule has 1 aromatic carbocycles. The Hall–Kier alpha value is -1.92. The fraction of sp³-hybridized carbons (Fsp3) is 0.154. The molecular formula is C13H9ClN4OS. The zero-order valence-corrected chi connectivity index (χ0v) is 12.1. The highest BCUT2D eigenvalue weighted by atomic mass is 35.5. The Labute approximate surface area is 122 Å². The van der Waals surface area contributed by atoms with Crippen molar-refractivity contribution in [1.82, 2.24) is 19.6 Å². The lowest BCUT2D eigenvalue weighted by Crippen LogP contribution is -1.83. The molecule has 100 valence electrons. The van der Waals surface area contributed by atoms with Gasteiger partial charge in [0.1, 0.15) is 16.2 Å². The Morgan fingerprint density at radius 1 is 1.35 bits per heavy atom. The highest BCUT2D eigenvalue weighted by molar-refractivity contribution is 7.16. The van der Waals surface area contributed by atoms with Gasteiger partial charge in [-0.2, -0.15) is 5.10 Å². The van der Waals surface area contributed by atoms with E-state index in [2.05, 4.69) is 22.0 Å². The van der Waals surface area contributed by atoms with Crippen molar-refractivity contribution in [2.24, 2.45) is 0 Å². The van der Waals surface area contributed by atoms with Gasteiger partial charge >= 0.3 is 0 Å². The Morgan fingerprint density at radius 2 is 2.25 bits per heavy atom. The quantitative estimate of drug-likeness (QED) is 0.565. The van der Waals surface area contributed by atoms with Gasteiger partial charge < -0.3 is 4.42 Å². The van der Waals surface area contributed by atoms with E-state index in [9.17, 15) is 0 Å². The maximum Gasteiger partial charge on any atom is 0.247 e. The summed E-state index contributed by atoms with van der Waals surface area (Å²) in [6.07, 6.45) is 2.74. The third kappa shape index (κ3) is 1.80. The molecule has 0 unspecified atom stereocenters. The van der Waals surface area contributed by atoms with Gasteiger partial charge in [0.25, 0.3) is 0 Å². The van der Waals surface area contributed by atoms with Crippen LogP contribution in [0.2, 0.25) is 5.02 Å². The fourth-order valence-corrected chi connectivity index (χ4v) is 2.98. The van der Waals surface area contributed by atoms with Crippen LogP contribution in [0.4, 0.5) is 0 Å². The van der Waals surface area contributed by atoms with Crippen molar-refractivity contribution in [3.63, 3.8) is 0 Å². The lowest BCUT2D eigenvalue weighted by atomic mass is 10.3. The molecule has 0 aliphatic rings. The molecule has 0 atom stereocenters. The van der Waals surface area contributed by atoms with Crippen LogP contribution in [0.3, 0.4) is 0 Å². The summed E-state index contributed by atoms with van der Waals surface area (Å²) < 4.78 is 7.46. The van der Waals surface area contributed by atoms with E-state index in [-0.39, 0.29) is 0 Å². The van der Waals surface area contributed by atoms with Crippen molar-refractivity contribution >= 4 is 39.0 Å². The van der Waals surface area contributed by atoms with E-state index < -0.39 is 0 Å². The first-order valence-corrected chi connectivity index (χ1v) is 7.34. The summed E-state index contributed by atoms with van der Waals surface area (Å²) in [5, 5.41) is 6.12. The molecule has 0 amide bonds. The minimum atomic E-state index is 0.484. The molecule has 0 aliphatic carbocycles. The molecule has 0 saturated carbocycles. The van der Waals surface area contributed by atoms with Crippen LogP contribution in [0.25, 0.3) is 27.6 Å². The van der Waals surface area contributed by atoms with E-state index in [4.69, 9.17) is 16.0 Å². The Morgan fingerprint density at radius 3 is 3.05 bits per heavy atom. The molecule has 0 spiro atoms. The second-order valence-electron chi connectivity index (χ2n) is 4.33. The van der Waals surface area contributed by atoms with Crippen molar-refractivity contribution < 1.29 is 4.42 Å². The van der Waals surface area contributed by atoms with Crippen LogP contribution in [0.15, 0.2) is 28.8 Å². The molecular weight excluding hydrogens is 296 g/mol. The largest absolute Gasteiger partial charge is 0.435 e. The van der Waals surface area contributed by atoms with Crippen LogP contribution in [0.5, 0.6) is 0 Å². The number of aryl methyl sites for hydroxylation is 1. The Balaban J connectivity index is 1.84. The molecule has 0 radical (unpaired) electrons. The number of halogens is 1. The molecule has 5 nitrogen and oxygen atoms in total. The summed E-state index contributed by atoms with van der Waals surface area (Å²) in [5.41, 5.74) is 2.10.